The summed E-state index contributed by atoms with van der Waals surface area (Å²) >= 11 is 0. The van der Waals surface area contributed by atoms with Gasteiger partial charge in [0, 0.05) is 6.20 Å². The molecule has 3 aromatic rings. The molecule has 2 heterocycles. The van der Waals surface area contributed by atoms with Crippen molar-refractivity contribution in [1.29, 1.82) is 0 Å². The van der Waals surface area contributed by atoms with Crippen molar-refractivity contribution in [2.45, 2.75) is 32.6 Å². The average molecular weight is 375 g/mol. The number of benzene rings is 1. The van der Waals surface area contributed by atoms with E-state index in [1.807, 2.05) is 6.92 Å². The molecule has 0 saturated carbocycles. The smallest absolute Gasteiger partial charge is 0.325 e. The van der Waals surface area contributed by atoms with Gasteiger partial charge in [-0.05, 0) is 30.7 Å². The molecule has 0 radical (unpaired) electrons. The lowest BCUT2D eigenvalue weighted by molar-refractivity contribution is 0.145. The Morgan fingerprint density at radius 2 is 2.04 bits per heavy atom. The molecule has 0 aliphatic heterocycles. The Bertz CT molecular complexity index is 1020. The van der Waals surface area contributed by atoms with Gasteiger partial charge in [0.15, 0.2) is 11.6 Å². The number of ether oxygens (including phenoxy) is 1. The van der Waals surface area contributed by atoms with Gasteiger partial charge >= 0.3 is 5.69 Å². The maximum absolute atomic E-state index is 13.0. The number of aliphatic hydroxyl groups is 1. The van der Waals surface area contributed by atoms with Gasteiger partial charge in [-0.3, -0.25) is 9.78 Å². The minimum atomic E-state index is -0.682. The molecule has 3 N–H and O–H groups in total. The predicted octanol–water partition coefficient (Wildman–Crippen LogP) is 0.811. The summed E-state index contributed by atoms with van der Waals surface area (Å²) in [5.41, 5.74) is -1.15. The summed E-state index contributed by atoms with van der Waals surface area (Å²) in [5.74, 6) is 0.517. The van der Waals surface area contributed by atoms with Crippen LogP contribution in [0.2, 0.25) is 0 Å². The Hall–Kier alpha value is -3.27. The Balaban J connectivity index is 1.90. The summed E-state index contributed by atoms with van der Waals surface area (Å²) in [7, 11) is 0. The zero-order valence-electron chi connectivity index (χ0n) is 14.5. The second-order valence-corrected chi connectivity index (χ2v) is 5.82. The van der Waals surface area contributed by atoms with Gasteiger partial charge < -0.3 is 14.8 Å². The molecule has 2 aromatic heterocycles. The first-order chi connectivity index (χ1) is 13.0. The number of hydrogen-bond donors (Lipinski definition) is 3. The second kappa shape index (κ2) is 7.96. The van der Waals surface area contributed by atoms with Crippen molar-refractivity contribution in [2.24, 2.45) is 0 Å². The number of nitrogens with zero attached hydrogens (tertiary/aromatic N) is 3. The highest BCUT2D eigenvalue weighted by molar-refractivity contribution is 5.51. The molecule has 10 heteroatoms. The molecule has 1 atom stereocenters. The molecule has 27 heavy (non-hydrogen) atoms. The summed E-state index contributed by atoms with van der Waals surface area (Å²) < 4.78 is 19.9. The topological polar surface area (TPSA) is 126 Å². The molecule has 0 spiro atoms. The molecular formula is C17H18FN5O4. The molecule has 3 rings (SSSR count). The van der Waals surface area contributed by atoms with Crippen LogP contribution in [0.25, 0.3) is 11.4 Å². The molecule has 0 aliphatic rings. The normalized spacial score (nSPS) is 12.1. The Morgan fingerprint density at radius 3 is 2.70 bits per heavy atom. The lowest BCUT2D eigenvalue weighted by Gasteiger charge is -2.09. The zero-order chi connectivity index (χ0) is 19.4. The second-order valence-electron chi connectivity index (χ2n) is 5.82. The van der Waals surface area contributed by atoms with E-state index in [1.54, 1.807) is 0 Å². The van der Waals surface area contributed by atoms with Crippen LogP contribution in [-0.2, 0) is 13.2 Å². The molecule has 0 bridgehead atoms. The number of aromatic amines is 2. The van der Waals surface area contributed by atoms with E-state index >= 15 is 0 Å². The van der Waals surface area contributed by atoms with Crippen LogP contribution >= 0.6 is 0 Å². The standard InChI is InChI=1S/C17H18FN5O4/c1-2-11(24)8-23-15(13-7-19-17(26)21-16(13)25)20-14(22-23)9-27-12-5-3-10(18)4-6-12/h3-7,11,24H,2,8-9H2,1H3,(H2,19,21,25,26). The van der Waals surface area contributed by atoms with E-state index < -0.39 is 17.4 Å². The molecular weight excluding hydrogens is 357 g/mol. The van der Waals surface area contributed by atoms with Crippen LogP contribution in [-0.4, -0.2) is 35.9 Å². The summed E-state index contributed by atoms with van der Waals surface area (Å²) in [6.45, 7) is 1.91. The fraction of sp³-hybridized carbons (Fsp3) is 0.294. The number of nitrogens with one attached hydrogen (secondary N) is 2. The van der Waals surface area contributed by atoms with Crippen molar-refractivity contribution in [3.05, 3.63) is 62.9 Å². The molecule has 0 saturated heterocycles. The summed E-state index contributed by atoms with van der Waals surface area (Å²) in [6, 6.07) is 5.48. The largest absolute Gasteiger partial charge is 0.486 e. The van der Waals surface area contributed by atoms with Gasteiger partial charge in [-0.15, -0.1) is 0 Å². The number of H-pyrrole nitrogens is 2. The maximum atomic E-state index is 13.0. The highest BCUT2D eigenvalue weighted by Crippen LogP contribution is 2.16. The van der Waals surface area contributed by atoms with Gasteiger partial charge in [0.25, 0.3) is 5.56 Å². The summed E-state index contributed by atoms with van der Waals surface area (Å²) in [4.78, 5) is 32.1. The fourth-order valence-corrected chi connectivity index (χ4v) is 2.36. The first-order valence-corrected chi connectivity index (χ1v) is 8.28. The number of aliphatic hydroxyl groups excluding tert-OH is 1. The lowest BCUT2D eigenvalue weighted by Crippen LogP contribution is -2.24. The summed E-state index contributed by atoms with van der Waals surface area (Å²) in [5, 5.41) is 14.2. The minimum Gasteiger partial charge on any atom is -0.486 e. The molecule has 0 fully saturated rings. The SMILES string of the molecule is CCC(O)Cn1nc(COc2ccc(F)cc2)nc1-c1c[nH]c(=O)[nH]c1=O. The zero-order valence-corrected chi connectivity index (χ0v) is 14.5. The lowest BCUT2D eigenvalue weighted by atomic mass is 10.2. The third kappa shape index (κ3) is 4.47. The quantitative estimate of drug-likeness (QED) is 0.561. The van der Waals surface area contributed by atoms with Crippen LogP contribution in [0.15, 0.2) is 40.1 Å². The van der Waals surface area contributed by atoms with Crippen LogP contribution in [0.1, 0.15) is 19.2 Å². The first kappa shape index (κ1) is 18.5. The molecule has 0 amide bonds. The highest BCUT2D eigenvalue weighted by Gasteiger charge is 2.17. The Kier molecular flexibility index (Phi) is 5.46. The molecule has 0 aliphatic carbocycles. The van der Waals surface area contributed by atoms with Crippen LogP contribution < -0.4 is 16.0 Å². The number of hydrogen-bond acceptors (Lipinski definition) is 6. The predicted molar refractivity (Wildman–Crippen MR) is 93.7 cm³/mol. The van der Waals surface area contributed by atoms with Crippen LogP contribution in [0.3, 0.4) is 0 Å². The van der Waals surface area contributed by atoms with E-state index in [0.717, 1.165) is 0 Å². The summed E-state index contributed by atoms with van der Waals surface area (Å²) in [6.07, 6.45) is 1.05. The third-order valence-corrected chi connectivity index (χ3v) is 3.81. The number of rotatable bonds is 7. The fourth-order valence-electron chi connectivity index (χ4n) is 2.36. The minimum absolute atomic E-state index is 0.0187. The van der Waals surface area contributed by atoms with E-state index in [0.29, 0.717) is 12.2 Å². The van der Waals surface area contributed by atoms with Crippen molar-refractivity contribution in [3.63, 3.8) is 0 Å². The number of aromatic nitrogens is 5. The van der Waals surface area contributed by atoms with Gasteiger partial charge in [-0.1, -0.05) is 6.92 Å². The monoisotopic (exact) mass is 375 g/mol. The van der Waals surface area contributed by atoms with Crippen molar-refractivity contribution >= 4 is 0 Å². The third-order valence-electron chi connectivity index (χ3n) is 3.81. The van der Waals surface area contributed by atoms with Crippen molar-refractivity contribution in [3.8, 4) is 17.1 Å². The van der Waals surface area contributed by atoms with Crippen molar-refractivity contribution in [2.75, 3.05) is 0 Å². The Labute approximate surface area is 152 Å². The van der Waals surface area contributed by atoms with Gasteiger partial charge in [0.05, 0.1) is 12.6 Å². The molecule has 1 unspecified atom stereocenters. The Morgan fingerprint density at radius 1 is 1.30 bits per heavy atom. The van der Waals surface area contributed by atoms with Crippen molar-refractivity contribution in [1.82, 2.24) is 24.7 Å². The van der Waals surface area contributed by atoms with Crippen LogP contribution in [0.4, 0.5) is 4.39 Å². The van der Waals surface area contributed by atoms with Crippen LogP contribution in [0, 0.1) is 5.82 Å². The molecule has 142 valence electrons. The van der Waals surface area contributed by atoms with E-state index in [-0.39, 0.29) is 36.2 Å². The first-order valence-electron chi connectivity index (χ1n) is 8.28. The average Bonchev–Trinajstić information content (AvgIpc) is 3.03. The molecule has 1 aromatic carbocycles. The number of halogens is 1. The van der Waals surface area contributed by atoms with Gasteiger partial charge in [-0.2, -0.15) is 5.10 Å². The van der Waals surface area contributed by atoms with E-state index in [2.05, 4.69) is 20.1 Å². The molecule has 9 nitrogen and oxygen atoms in total. The highest BCUT2D eigenvalue weighted by atomic mass is 19.1. The van der Waals surface area contributed by atoms with E-state index in [4.69, 9.17) is 4.74 Å². The van der Waals surface area contributed by atoms with E-state index in [9.17, 15) is 19.1 Å². The van der Waals surface area contributed by atoms with E-state index in [1.165, 1.54) is 35.1 Å². The van der Waals surface area contributed by atoms with Crippen molar-refractivity contribution < 1.29 is 14.2 Å². The maximum Gasteiger partial charge on any atom is 0.325 e. The van der Waals surface area contributed by atoms with Gasteiger partial charge in [0.2, 0.25) is 0 Å². The van der Waals surface area contributed by atoms with Crippen LogP contribution in [0.5, 0.6) is 5.75 Å². The van der Waals surface area contributed by atoms with Gasteiger partial charge in [0.1, 0.15) is 23.7 Å². The van der Waals surface area contributed by atoms with Gasteiger partial charge in [-0.25, -0.2) is 18.9 Å².